The highest BCUT2D eigenvalue weighted by molar-refractivity contribution is 5.94. The van der Waals surface area contributed by atoms with Crippen molar-refractivity contribution >= 4 is 5.91 Å². The van der Waals surface area contributed by atoms with Gasteiger partial charge in [0.25, 0.3) is 5.91 Å². The summed E-state index contributed by atoms with van der Waals surface area (Å²) in [6.07, 6.45) is 13.0. The van der Waals surface area contributed by atoms with Gasteiger partial charge in [-0.3, -0.25) is 4.79 Å². The molecule has 4 heteroatoms. The molecule has 4 nitrogen and oxygen atoms in total. The molecule has 0 N–H and O–H groups in total. The van der Waals surface area contributed by atoms with E-state index in [9.17, 15) is 4.79 Å². The molecule has 0 aromatic carbocycles. The lowest BCUT2D eigenvalue weighted by molar-refractivity contribution is 0.0677. The van der Waals surface area contributed by atoms with Crippen LogP contribution in [0.3, 0.4) is 0 Å². The molecular formula is C18H26N2O2. The van der Waals surface area contributed by atoms with E-state index in [-0.39, 0.29) is 5.91 Å². The first-order valence-corrected chi connectivity index (χ1v) is 9.13. The average molecular weight is 302 g/mol. The van der Waals surface area contributed by atoms with Crippen LogP contribution in [0.1, 0.15) is 79.6 Å². The van der Waals surface area contributed by atoms with Crippen molar-refractivity contribution in [1.29, 1.82) is 0 Å². The Kier molecular flexibility index (Phi) is 3.93. The van der Waals surface area contributed by atoms with E-state index in [0.29, 0.717) is 11.7 Å². The van der Waals surface area contributed by atoms with Gasteiger partial charge >= 0.3 is 0 Å². The van der Waals surface area contributed by atoms with Crippen LogP contribution < -0.4 is 0 Å². The second-order valence-corrected chi connectivity index (χ2v) is 7.25. The zero-order valence-electron chi connectivity index (χ0n) is 13.4. The molecule has 4 rings (SSSR count). The molecule has 2 heterocycles. The van der Waals surface area contributed by atoms with Crippen LogP contribution in [-0.4, -0.2) is 28.6 Å². The van der Waals surface area contributed by atoms with Gasteiger partial charge in [-0.2, -0.15) is 0 Å². The van der Waals surface area contributed by atoms with Gasteiger partial charge in [0, 0.05) is 24.6 Å². The van der Waals surface area contributed by atoms with Crippen LogP contribution in [0.25, 0.3) is 0 Å². The van der Waals surface area contributed by atoms with E-state index >= 15 is 0 Å². The number of aromatic nitrogens is 1. The van der Waals surface area contributed by atoms with Gasteiger partial charge in [-0.25, -0.2) is 0 Å². The third-order valence-corrected chi connectivity index (χ3v) is 5.91. The molecule has 1 atom stereocenters. The van der Waals surface area contributed by atoms with Gasteiger partial charge in [0.2, 0.25) is 0 Å². The molecule has 1 aromatic rings. The van der Waals surface area contributed by atoms with Gasteiger partial charge in [0.1, 0.15) is 5.76 Å². The van der Waals surface area contributed by atoms with Crippen LogP contribution in [0.5, 0.6) is 0 Å². The molecule has 3 aliphatic rings. The Morgan fingerprint density at radius 1 is 1.00 bits per heavy atom. The summed E-state index contributed by atoms with van der Waals surface area (Å²) < 4.78 is 5.51. The molecule has 120 valence electrons. The lowest BCUT2D eigenvalue weighted by Gasteiger charge is -2.29. The molecular weight excluding hydrogens is 276 g/mol. The van der Waals surface area contributed by atoms with Crippen LogP contribution in [0.2, 0.25) is 0 Å². The molecule has 2 fully saturated rings. The van der Waals surface area contributed by atoms with Crippen molar-refractivity contribution in [2.24, 2.45) is 5.92 Å². The van der Waals surface area contributed by atoms with Gasteiger partial charge in [-0.15, -0.1) is 0 Å². The van der Waals surface area contributed by atoms with Gasteiger partial charge < -0.3 is 9.42 Å². The standard InChI is InChI=1S/C18H26N2O2/c21-18(17-14-9-2-1-3-11-16(14)22-19-17)20-12-6-10-15(20)13-7-4-5-8-13/h13,15H,1-12H2. The second kappa shape index (κ2) is 6.05. The third kappa shape index (κ3) is 2.46. The van der Waals surface area contributed by atoms with Crippen LogP contribution in [-0.2, 0) is 12.8 Å². The minimum atomic E-state index is 0.140. The number of rotatable bonds is 2. The third-order valence-electron chi connectivity index (χ3n) is 5.91. The maximum Gasteiger partial charge on any atom is 0.276 e. The second-order valence-electron chi connectivity index (χ2n) is 7.25. The fourth-order valence-corrected chi connectivity index (χ4v) is 4.74. The van der Waals surface area contributed by atoms with E-state index < -0.39 is 0 Å². The monoisotopic (exact) mass is 302 g/mol. The summed E-state index contributed by atoms with van der Waals surface area (Å²) >= 11 is 0. The minimum Gasteiger partial charge on any atom is -0.360 e. The van der Waals surface area contributed by atoms with Crippen molar-refractivity contribution in [2.45, 2.75) is 76.7 Å². The molecule has 0 radical (unpaired) electrons. The topological polar surface area (TPSA) is 46.3 Å². The summed E-state index contributed by atoms with van der Waals surface area (Å²) in [5.74, 6) is 1.83. The first-order chi connectivity index (χ1) is 10.8. The fourth-order valence-electron chi connectivity index (χ4n) is 4.74. The smallest absolute Gasteiger partial charge is 0.276 e. The number of amides is 1. The normalized spacial score (nSPS) is 26.2. The molecule has 1 amide bonds. The molecule has 1 aliphatic heterocycles. The Morgan fingerprint density at radius 2 is 1.82 bits per heavy atom. The van der Waals surface area contributed by atoms with Gasteiger partial charge in [0.15, 0.2) is 5.69 Å². The first-order valence-electron chi connectivity index (χ1n) is 9.13. The maximum atomic E-state index is 13.1. The molecule has 0 bridgehead atoms. The van der Waals surface area contributed by atoms with Crippen molar-refractivity contribution in [3.05, 3.63) is 17.0 Å². The molecule has 22 heavy (non-hydrogen) atoms. The molecule has 1 saturated heterocycles. The number of likely N-dealkylation sites (tertiary alicyclic amines) is 1. The Bertz CT molecular complexity index is 545. The number of aryl methyl sites for hydroxylation is 1. The predicted molar refractivity (Wildman–Crippen MR) is 83.8 cm³/mol. The lowest BCUT2D eigenvalue weighted by atomic mass is 9.95. The van der Waals surface area contributed by atoms with E-state index in [1.807, 2.05) is 0 Å². The Hall–Kier alpha value is -1.32. The van der Waals surface area contributed by atoms with Crippen LogP contribution in [0, 0.1) is 5.92 Å². The van der Waals surface area contributed by atoms with E-state index in [1.54, 1.807) is 0 Å². The van der Waals surface area contributed by atoms with E-state index in [1.165, 1.54) is 38.5 Å². The minimum absolute atomic E-state index is 0.140. The highest BCUT2D eigenvalue weighted by Gasteiger charge is 2.38. The Balaban J connectivity index is 1.57. The predicted octanol–water partition coefficient (Wildman–Crippen LogP) is 3.74. The van der Waals surface area contributed by atoms with Gasteiger partial charge in [-0.05, 0) is 50.9 Å². The van der Waals surface area contributed by atoms with Gasteiger partial charge in [0.05, 0.1) is 0 Å². The highest BCUT2D eigenvalue weighted by Crippen LogP contribution is 2.36. The van der Waals surface area contributed by atoms with E-state index in [4.69, 9.17) is 4.52 Å². The Labute approximate surface area is 132 Å². The Morgan fingerprint density at radius 3 is 2.68 bits per heavy atom. The van der Waals surface area contributed by atoms with Crippen LogP contribution in [0.15, 0.2) is 4.52 Å². The van der Waals surface area contributed by atoms with Crippen molar-refractivity contribution in [1.82, 2.24) is 10.1 Å². The number of hydrogen-bond acceptors (Lipinski definition) is 3. The molecule has 0 spiro atoms. The zero-order valence-corrected chi connectivity index (χ0v) is 13.4. The summed E-state index contributed by atoms with van der Waals surface area (Å²) in [7, 11) is 0. The maximum absolute atomic E-state index is 13.1. The zero-order chi connectivity index (χ0) is 14.9. The summed E-state index contributed by atoms with van der Waals surface area (Å²) in [6.45, 7) is 0.904. The summed E-state index contributed by atoms with van der Waals surface area (Å²) in [5, 5.41) is 4.18. The van der Waals surface area contributed by atoms with Gasteiger partial charge in [-0.1, -0.05) is 24.4 Å². The molecule has 2 aliphatic carbocycles. The number of hydrogen-bond donors (Lipinski definition) is 0. The van der Waals surface area contributed by atoms with Crippen molar-refractivity contribution < 1.29 is 9.32 Å². The lowest BCUT2D eigenvalue weighted by Crippen LogP contribution is -2.40. The first kappa shape index (κ1) is 14.3. The number of fused-ring (bicyclic) bond motifs is 1. The van der Waals surface area contributed by atoms with Crippen molar-refractivity contribution in [3.63, 3.8) is 0 Å². The number of carbonyl (C=O) groups excluding carboxylic acids is 1. The summed E-state index contributed by atoms with van der Waals surface area (Å²) in [6, 6.07) is 0.452. The number of carbonyl (C=O) groups is 1. The van der Waals surface area contributed by atoms with Crippen molar-refractivity contribution in [2.75, 3.05) is 6.54 Å². The SMILES string of the molecule is O=C(c1noc2c1CCCCC2)N1CCCC1C1CCCC1. The van der Waals surface area contributed by atoms with Crippen LogP contribution >= 0.6 is 0 Å². The van der Waals surface area contributed by atoms with E-state index in [0.717, 1.165) is 55.9 Å². The fraction of sp³-hybridized carbons (Fsp3) is 0.778. The quantitative estimate of drug-likeness (QED) is 0.782. The number of nitrogens with zero attached hydrogens (tertiary/aromatic N) is 2. The molecule has 1 saturated carbocycles. The highest BCUT2D eigenvalue weighted by atomic mass is 16.5. The largest absolute Gasteiger partial charge is 0.360 e. The van der Waals surface area contributed by atoms with Crippen molar-refractivity contribution in [3.8, 4) is 0 Å². The molecule has 1 unspecified atom stereocenters. The van der Waals surface area contributed by atoms with Crippen LogP contribution in [0.4, 0.5) is 0 Å². The average Bonchev–Trinajstić information content (AvgIpc) is 3.24. The van der Waals surface area contributed by atoms with E-state index in [2.05, 4.69) is 10.1 Å². The summed E-state index contributed by atoms with van der Waals surface area (Å²) in [4.78, 5) is 15.2. The molecule has 1 aromatic heterocycles. The summed E-state index contributed by atoms with van der Waals surface area (Å²) in [5.41, 5.74) is 1.74.